The molecule has 84 valence electrons. The predicted octanol–water partition coefficient (Wildman–Crippen LogP) is 5.17. The van der Waals surface area contributed by atoms with Gasteiger partial charge in [-0.3, -0.25) is 0 Å². The van der Waals surface area contributed by atoms with Crippen LogP contribution in [0.5, 0.6) is 0 Å². The molecule has 14 heavy (non-hydrogen) atoms. The second kappa shape index (κ2) is 7.31. The lowest BCUT2D eigenvalue weighted by Crippen LogP contribution is -1.83. The van der Waals surface area contributed by atoms with E-state index < -0.39 is 0 Å². The number of unbranched alkanes of at least 4 members (excludes halogenated alkanes) is 7. The third-order valence-electron chi connectivity index (χ3n) is 3.70. The van der Waals surface area contributed by atoms with Crippen LogP contribution in [0.25, 0.3) is 0 Å². The quantitative estimate of drug-likeness (QED) is 0.446. The van der Waals surface area contributed by atoms with Crippen molar-refractivity contribution in [3.05, 3.63) is 0 Å². The third-order valence-corrected chi connectivity index (χ3v) is 3.70. The van der Waals surface area contributed by atoms with E-state index in [4.69, 9.17) is 0 Å². The lowest BCUT2D eigenvalue weighted by Gasteiger charge is -2.01. The van der Waals surface area contributed by atoms with Crippen LogP contribution in [0.3, 0.4) is 0 Å². The van der Waals surface area contributed by atoms with Crippen molar-refractivity contribution in [1.82, 2.24) is 0 Å². The van der Waals surface area contributed by atoms with Crippen LogP contribution >= 0.6 is 0 Å². The highest BCUT2D eigenvalue weighted by molar-refractivity contribution is 4.81. The molecule has 0 aromatic heterocycles. The SMILES string of the molecule is CCCCCCCCCC[C@@H]1C[C@@H]1C. The number of hydrogen-bond acceptors (Lipinski definition) is 0. The van der Waals surface area contributed by atoms with Crippen molar-refractivity contribution < 1.29 is 0 Å². The first-order valence-electron chi connectivity index (χ1n) is 6.84. The van der Waals surface area contributed by atoms with Gasteiger partial charge < -0.3 is 0 Å². The molecule has 0 aromatic carbocycles. The first-order chi connectivity index (χ1) is 6.84. The van der Waals surface area contributed by atoms with Crippen molar-refractivity contribution in [2.45, 2.75) is 78.1 Å². The largest absolute Gasteiger partial charge is 0.0654 e. The van der Waals surface area contributed by atoms with Gasteiger partial charge in [-0.25, -0.2) is 0 Å². The molecule has 0 spiro atoms. The fourth-order valence-electron chi connectivity index (χ4n) is 2.34. The third kappa shape index (κ3) is 5.67. The summed E-state index contributed by atoms with van der Waals surface area (Å²) >= 11 is 0. The summed E-state index contributed by atoms with van der Waals surface area (Å²) in [5, 5.41) is 0. The van der Waals surface area contributed by atoms with Gasteiger partial charge in [0.05, 0.1) is 0 Å². The molecule has 1 fully saturated rings. The molecule has 0 bridgehead atoms. The van der Waals surface area contributed by atoms with Crippen LogP contribution in [0, 0.1) is 11.8 Å². The maximum atomic E-state index is 2.40. The van der Waals surface area contributed by atoms with Crippen molar-refractivity contribution in [1.29, 1.82) is 0 Å². The zero-order chi connectivity index (χ0) is 10.2. The smallest absolute Gasteiger partial charge is 0.0386 e. The van der Waals surface area contributed by atoms with E-state index in [9.17, 15) is 0 Å². The van der Waals surface area contributed by atoms with Gasteiger partial charge in [-0.2, -0.15) is 0 Å². The van der Waals surface area contributed by atoms with Crippen molar-refractivity contribution in [3.8, 4) is 0 Å². The Morgan fingerprint density at radius 3 is 1.86 bits per heavy atom. The Morgan fingerprint density at radius 2 is 1.36 bits per heavy atom. The van der Waals surface area contributed by atoms with Crippen LogP contribution in [-0.2, 0) is 0 Å². The molecule has 1 aliphatic rings. The summed E-state index contributed by atoms with van der Waals surface area (Å²) in [5.74, 6) is 2.19. The van der Waals surface area contributed by atoms with Gasteiger partial charge in [-0.05, 0) is 18.3 Å². The summed E-state index contributed by atoms with van der Waals surface area (Å²) in [6.07, 6.45) is 14.8. The van der Waals surface area contributed by atoms with E-state index in [1.165, 1.54) is 64.2 Å². The highest BCUT2D eigenvalue weighted by atomic mass is 14.4. The first-order valence-corrected chi connectivity index (χ1v) is 6.84. The van der Waals surface area contributed by atoms with Gasteiger partial charge in [0.15, 0.2) is 0 Å². The van der Waals surface area contributed by atoms with Crippen LogP contribution in [0.15, 0.2) is 0 Å². The Hall–Kier alpha value is 0. The van der Waals surface area contributed by atoms with Crippen LogP contribution in [0.1, 0.15) is 78.1 Å². The van der Waals surface area contributed by atoms with Crippen LogP contribution in [0.2, 0.25) is 0 Å². The molecule has 1 aliphatic carbocycles. The van der Waals surface area contributed by atoms with Gasteiger partial charge in [0.1, 0.15) is 0 Å². The van der Waals surface area contributed by atoms with Gasteiger partial charge in [0.25, 0.3) is 0 Å². The monoisotopic (exact) mass is 196 g/mol. The fraction of sp³-hybridized carbons (Fsp3) is 1.00. The molecular weight excluding hydrogens is 168 g/mol. The average Bonchev–Trinajstić information content (AvgIpc) is 2.87. The molecule has 0 heteroatoms. The standard InChI is InChI=1S/C14H28/c1-3-4-5-6-7-8-9-10-11-14-12-13(14)2/h13-14H,3-12H2,1-2H3/t13-,14+/m0/s1. The number of rotatable bonds is 9. The van der Waals surface area contributed by atoms with Crippen LogP contribution in [-0.4, -0.2) is 0 Å². The molecule has 1 rings (SSSR count). The molecule has 0 nitrogen and oxygen atoms in total. The molecule has 0 aromatic rings. The topological polar surface area (TPSA) is 0 Å². The molecule has 0 amide bonds. The van der Waals surface area contributed by atoms with E-state index in [-0.39, 0.29) is 0 Å². The van der Waals surface area contributed by atoms with Crippen molar-refractivity contribution >= 4 is 0 Å². The molecule has 0 N–H and O–H groups in total. The van der Waals surface area contributed by atoms with Gasteiger partial charge in [0.2, 0.25) is 0 Å². The minimum Gasteiger partial charge on any atom is -0.0654 e. The van der Waals surface area contributed by atoms with Crippen LogP contribution in [0.4, 0.5) is 0 Å². The lowest BCUT2D eigenvalue weighted by atomic mass is 10.1. The van der Waals surface area contributed by atoms with Crippen molar-refractivity contribution in [3.63, 3.8) is 0 Å². The van der Waals surface area contributed by atoms with Gasteiger partial charge in [-0.15, -0.1) is 0 Å². The summed E-state index contributed by atoms with van der Waals surface area (Å²) in [6.45, 7) is 4.69. The van der Waals surface area contributed by atoms with Gasteiger partial charge in [-0.1, -0.05) is 71.6 Å². The lowest BCUT2D eigenvalue weighted by molar-refractivity contribution is 0.542. The molecule has 0 aliphatic heterocycles. The minimum absolute atomic E-state index is 1.07. The zero-order valence-electron chi connectivity index (χ0n) is 10.2. The Labute approximate surface area is 90.5 Å². The average molecular weight is 196 g/mol. The zero-order valence-corrected chi connectivity index (χ0v) is 10.2. The molecule has 2 atom stereocenters. The van der Waals surface area contributed by atoms with Crippen LogP contribution < -0.4 is 0 Å². The molecule has 0 radical (unpaired) electrons. The van der Waals surface area contributed by atoms with E-state index in [2.05, 4.69) is 13.8 Å². The summed E-state index contributed by atoms with van der Waals surface area (Å²) in [5.41, 5.74) is 0. The Kier molecular flexibility index (Phi) is 6.31. The summed E-state index contributed by atoms with van der Waals surface area (Å²) < 4.78 is 0. The molecular formula is C14H28. The molecule has 0 heterocycles. The van der Waals surface area contributed by atoms with Gasteiger partial charge >= 0.3 is 0 Å². The van der Waals surface area contributed by atoms with E-state index in [0.717, 1.165) is 11.8 Å². The summed E-state index contributed by atoms with van der Waals surface area (Å²) in [6, 6.07) is 0. The maximum Gasteiger partial charge on any atom is -0.0386 e. The fourth-order valence-corrected chi connectivity index (χ4v) is 2.34. The summed E-state index contributed by atoms with van der Waals surface area (Å²) in [4.78, 5) is 0. The Morgan fingerprint density at radius 1 is 0.857 bits per heavy atom. The van der Waals surface area contributed by atoms with E-state index in [1.54, 1.807) is 0 Å². The Balaban J connectivity index is 1.68. The second-order valence-electron chi connectivity index (χ2n) is 5.24. The first kappa shape index (κ1) is 12.1. The maximum absolute atomic E-state index is 2.40. The van der Waals surface area contributed by atoms with E-state index in [0.29, 0.717) is 0 Å². The molecule has 0 unspecified atom stereocenters. The minimum atomic E-state index is 1.07. The van der Waals surface area contributed by atoms with Crippen molar-refractivity contribution in [2.24, 2.45) is 11.8 Å². The molecule has 0 saturated heterocycles. The number of hydrogen-bond donors (Lipinski definition) is 0. The normalized spacial score (nSPS) is 25.3. The highest BCUT2D eigenvalue weighted by Gasteiger charge is 2.31. The van der Waals surface area contributed by atoms with E-state index in [1.807, 2.05) is 0 Å². The van der Waals surface area contributed by atoms with Crippen molar-refractivity contribution in [2.75, 3.05) is 0 Å². The second-order valence-corrected chi connectivity index (χ2v) is 5.24. The highest BCUT2D eigenvalue weighted by Crippen LogP contribution is 2.41. The van der Waals surface area contributed by atoms with E-state index >= 15 is 0 Å². The van der Waals surface area contributed by atoms with Gasteiger partial charge in [0, 0.05) is 0 Å². The predicted molar refractivity (Wildman–Crippen MR) is 64.5 cm³/mol. The summed E-state index contributed by atoms with van der Waals surface area (Å²) in [7, 11) is 0. The molecule has 1 saturated carbocycles. The Bertz CT molecular complexity index is 128.